The normalized spacial score (nSPS) is 12.5. The molecule has 0 saturated heterocycles. The molecule has 0 aliphatic heterocycles. The molecule has 0 spiro atoms. The Bertz CT molecular complexity index is 481. The van der Waals surface area contributed by atoms with Crippen LogP contribution in [0.2, 0.25) is 0 Å². The maximum Gasteiger partial charge on any atom is 0.366 e. The molecule has 122 valence electrons. The summed E-state index contributed by atoms with van der Waals surface area (Å²) < 4.78 is 19.9. The number of benzene rings is 1. The second kappa shape index (κ2) is 8.51. The fourth-order valence-electron chi connectivity index (χ4n) is 2.28. The van der Waals surface area contributed by atoms with Crippen molar-refractivity contribution in [2.24, 2.45) is 5.92 Å². The van der Waals surface area contributed by atoms with E-state index in [9.17, 15) is 9.59 Å². The average Bonchev–Trinajstić information content (AvgIpc) is 2.58. The minimum atomic E-state index is -1.64. The molecule has 0 amide bonds. The Labute approximate surface area is 130 Å². The Kier molecular flexibility index (Phi) is 7.01. The van der Waals surface area contributed by atoms with Gasteiger partial charge in [0.15, 0.2) is 0 Å². The van der Waals surface area contributed by atoms with Crippen molar-refractivity contribution in [3.63, 3.8) is 0 Å². The Morgan fingerprint density at radius 2 is 1.59 bits per heavy atom. The van der Waals surface area contributed by atoms with E-state index in [-0.39, 0.29) is 6.42 Å². The fraction of sp³-hybridized carbons (Fsp3) is 0.500. The number of ether oxygens (including phenoxy) is 4. The molecule has 0 fully saturated rings. The van der Waals surface area contributed by atoms with Gasteiger partial charge < -0.3 is 18.9 Å². The summed E-state index contributed by atoms with van der Waals surface area (Å²) in [5.74, 6) is -3.38. The summed E-state index contributed by atoms with van der Waals surface area (Å²) in [4.78, 5) is 24.0. The third kappa shape index (κ3) is 4.29. The predicted octanol–water partition coefficient (Wildman–Crippen LogP) is 1.57. The number of methoxy groups -OCH3 is 4. The van der Waals surface area contributed by atoms with Gasteiger partial charge in [-0.25, -0.2) is 4.79 Å². The van der Waals surface area contributed by atoms with Crippen molar-refractivity contribution in [1.29, 1.82) is 0 Å². The minimum absolute atomic E-state index is 0.00571. The minimum Gasteiger partial charge on any atom is -0.469 e. The van der Waals surface area contributed by atoms with Gasteiger partial charge in [-0.1, -0.05) is 30.3 Å². The average molecular weight is 310 g/mol. The van der Waals surface area contributed by atoms with Gasteiger partial charge in [0, 0.05) is 20.6 Å². The van der Waals surface area contributed by atoms with Crippen LogP contribution in [0.5, 0.6) is 0 Å². The Balaban J connectivity index is 3.01. The van der Waals surface area contributed by atoms with Crippen LogP contribution < -0.4 is 0 Å². The molecule has 6 heteroatoms. The molecule has 0 radical (unpaired) electrons. The van der Waals surface area contributed by atoms with Crippen molar-refractivity contribution in [3.8, 4) is 0 Å². The first-order valence-corrected chi connectivity index (χ1v) is 6.83. The van der Waals surface area contributed by atoms with Gasteiger partial charge in [0.25, 0.3) is 5.79 Å². The number of rotatable bonds is 8. The first-order chi connectivity index (χ1) is 10.5. The molecule has 0 N–H and O–H groups in total. The van der Waals surface area contributed by atoms with Crippen LogP contribution in [0.15, 0.2) is 30.3 Å². The maximum atomic E-state index is 12.1. The smallest absolute Gasteiger partial charge is 0.366 e. The molecule has 1 aromatic rings. The van der Waals surface area contributed by atoms with Gasteiger partial charge >= 0.3 is 11.9 Å². The first-order valence-electron chi connectivity index (χ1n) is 6.83. The summed E-state index contributed by atoms with van der Waals surface area (Å²) in [7, 11) is 5.20. The monoisotopic (exact) mass is 310 g/mol. The molecular formula is C16H22O6. The third-order valence-electron chi connectivity index (χ3n) is 3.53. The van der Waals surface area contributed by atoms with Crippen molar-refractivity contribution in [2.45, 2.75) is 18.6 Å². The standard InChI is InChI=1S/C16H22O6/c1-19-14(17)13(10-12-8-6-5-7-9-12)11-16(21-3,22-4)15(18)20-2/h5-9,13H,10-11H2,1-4H3. The molecule has 0 bridgehead atoms. The van der Waals surface area contributed by atoms with Gasteiger partial charge in [-0.15, -0.1) is 0 Å². The summed E-state index contributed by atoms with van der Waals surface area (Å²) in [6.45, 7) is 0. The van der Waals surface area contributed by atoms with E-state index in [2.05, 4.69) is 0 Å². The van der Waals surface area contributed by atoms with E-state index < -0.39 is 23.6 Å². The van der Waals surface area contributed by atoms with Gasteiger partial charge in [0.1, 0.15) is 0 Å². The second-order valence-corrected chi connectivity index (χ2v) is 4.77. The molecule has 6 nitrogen and oxygen atoms in total. The Hall–Kier alpha value is -1.92. The third-order valence-corrected chi connectivity index (χ3v) is 3.53. The quantitative estimate of drug-likeness (QED) is 0.536. The lowest BCUT2D eigenvalue weighted by atomic mass is 9.92. The highest BCUT2D eigenvalue weighted by atomic mass is 16.7. The number of hydrogen-bond donors (Lipinski definition) is 0. The van der Waals surface area contributed by atoms with Crippen LogP contribution in [0, 0.1) is 5.92 Å². The molecule has 22 heavy (non-hydrogen) atoms. The lowest BCUT2D eigenvalue weighted by Gasteiger charge is -2.30. The lowest BCUT2D eigenvalue weighted by Crippen LogP contribution is -2.46. The summed E-state index contributed by atoms with van der Waals surface area (Å²) >= 11 is 0. The molecule has 0 aliphatic carbocycles. The summed E-state index contributed by atoms with van der Waals surface area (Å²) in [6.07, 6.45) is 0.396. The highest BCUT2D eigenvalue weighted by Gasteiger charge is 2.44. The number of hydrogen-bond acceptors (Lipinski definition) is 6. The Morgan fingerprint density at radius 3 is 2.05 bits per heavy atom. The zero-order valence-corrected chi connectivity index (χ0v) is 13.3. The van der Waals surface area contributed by atoms with E-state index in [0.29, 0.717) is 6.42 Å². The van der Waals surface area contributed by atoms with Gasteiger partial charge in [-0.05, 0) is 12.0 Å². The van der Waals surface area contributed by atoms with Gasteiger partial charge in [-0.2, -0.15) is 0 Å². The molecule has 0 heterocycles. The van der Waals surface area contributed by atoms with Gasteiger partial charge in [0.2, 0.25) is 0 Å². The van der Waals surface area contributed by atoms with E-state index in [1.165, 1.54) is 28.4 Å². The molecule has 1 aromatic carbocycles. The van der Waals surface area contributed by atoms with E-state index in [4.69, 9.17) is 18.9 Å². The summed E-state index contributed by atoms with van der Waals surface area (Å²) in [6, 6.07) is 9.44. The van der Waals surface area contributed by atoms with Gasteiger partial charge in [-0.3, -0.25) is 4.79 Å². The number of esters is 2. The Morgan fingerprint density at radius 1 is 1.00 bits per heavy atom. The van der Waals surface area contributed by atoms with Crippen LogP contribution in [0.1, 0.15) is 12.0 Å². The zero-order chi connectivity index (χ0) is 16.6. The van der Waals surface area contributed by atoms with Crippen LogP contribution in [0.3, 0.4) is 0 Å². The van der Waals surface area contributed by atoms with Crippen LogP contribution in [0.4, 0.5) is 0 Å². The van der Waals surface area contributed by atoms with Crippen molar-refractivity contribution in [2.75, 3.05) is 28.4 Å². The largest absolute Gasteiger partial charge is 0.469 e. The molecule has 0 aromatic heterocycles. The van der Waals surface area contributed by atoms with Crippen LogP contribution in [-0.4, -0.2) is 46.2 Å². The lowest BCUT2D eigenvalue weighted by molar-refractivity contribution is -0.234. The van der Waals surface area contributed by atoms with E-state index >= 15 is 0 Å². The second-order valence-electron chi connectivity index (χ2n) is 4.77. The van der Waals surface area contributed by atoms with Crippen molar-refractivity contribution in [1.82, 2.24) is 0 Å². The number of carbonyl (C=O) groups excluding carboxylic acids is 2. The van der Waals surface area contributed by atoms with Crippen molar-refractivity contribution < 1.29 is 28.5 Å². The van der Waals surface area contributed by atoms with Crippen LogP contribution >= 0.6 is 0 Å². The molecule has 1 rings (SSSR count). The summed E-state index contributed by atoms with van der Waals surface area (Å²) in [5, 5.41) is 0. The highest BCUT2D eigenvalue weighted by Crippen LogP contribution is 2.27. The van der Waals surface area contributed by atoms with E-state index in [1.807, 2.05) is 30.3 Å². The first kappa shape index (κ1) is 18.1. The highest BCUT2D eigenvalue weighted by molar-refractivity contribution is 5.80. The fourth-order valence-corrected chi connectivity index (χ4v) is 2.28. The van der Waals surface area contributed by atoms with Crippen LogP contribution in [0.25, 0.3) is 0 Å². The van der Waals surface area contributed by atoms with E-state index in [0.717, 1.165) is 5.56 Å². The molecular weight excluding hydrogens is 288 g/mol. The molecule has 0 saturated carbocycles. The summed E-state index contributed by atoms with van der Waals surface area (Å²) in [5.41, 5.74) is 0.948. The maximum absolute atomic E-state index is 12.1. The van der Waals surface area contributed by atoms with Crippen molar-refractivity contribution in [3.05, 3.63) is 35.9 Å². The van der Waals surface area contributed by atoms with Crippen LogP contribution in [-0.2, 0) is 35.0 Å². The van der Waals surface area contributed by atoms with E-state index in [1.54, 1.807) is 0 Å². The predicted molar refractivity (Wildman–Crippen MR) is 79.0 cm³/mol. The topological polar surface area (TPSA) is 71.1 Å². The molecule has 1 atom stereocenters. The molecule has 1 unspecified atom stereocenters. The SMILES string of the molecule is COC(=O)C(Cc1ccccc1)CC(OC)(OC)C(=O)OC. The van der Waals surface area contributed by atoms with Gasteiger partial charge in [0.05, 0.1) is 20.1 Å². The van der Waals surface area contributed by atoms with Crippen molar-refractivity contribution >= 4 is 11.9 Å². The zero-order valence-electron chi connectivity index (χ0n) is 13.3. The number of carbonyl (C=O) groups is 2. The molecule has 0 aliphatic rings.